The van der Waals surface area contributed by atoms with Crippen LogP contribution in [0.3, 0.4) is 0 Å². The van der Waals surface area contributed by atoms with E-state index < -0.39 is 0 Å². The van der Waals surface area contributed by atoms with Crippen molar-refractivity contribution in [3.8, 4) is 0 Å². The Morgan fingerprint density at radius 3 is 2.69 bits per heavy atom. The van der Waals surface area contributed by atoms with E-state index >= 15 is 0 Å². The first-order valence-corrected chi connectivity index (χ1v) is 5.34. The van der Waals surface area contributed by atoms with Gasteiger partial charge in [0, 0.05) is 13.6 Å². The van der Waals surface area contributed by atoms with E-state index in [-0.39, 0.29) is 0 Å². The maximum Gasteiger partial charge on any atom is 0.188 e. The molecule has 0 spiro atoms. The van der Waals surface area contributed by atoms with Gasteiger partial charge in [0.15, 0.2) is 5.96 Å². The van der Waals surface area contributed by atoms with E-state index in [4.69, 9.17) is 5.73 Å². The minimum Gasteiger partial charge on any atom is -0.370 e. The van der Waals surface area contributed by atoms with Gasteiger partial charge < -0.3 is 11.1 Å². The zero-order chi connectivity index (χ0) is 9.94. The largest absolute Gasteiger partial charge is 0.370 e. The Kier molecular flexibility index (Phi) is 9.12. The molecule has 0 saturated heterocycles. The van der Waals surface area contributed by atoms with E-state index in [0.29, 0.717) is 5.96 Å². The zero-order valence-corrected chi connectivity index (χ0v) is 9.34. The van der Waals surface area contributed by atoms with Gasteiger partial charge in [0.1, 0.15) is 0 Å². The maximum absolute atomic E-state index is 5.46. The van der Waals surface area contributed by atoms with Crippen LogP contribution >= 0.6 is 8.86 Å². The van der Waals surface area contributed by atoms with Crippen molar-refractivity contribution >= 4 is 20.6 Å². The number of hydrogen-bond donors (Lipinski definition) is 2. The summed E-state index contributed by atoms with van der Waals surface area (Å²) in [6, 6.07) is 0. The summed E-state index contributed by atoms with van der Waals surface area (Å²) in [4.78, 5) is 3.81. The summed E-state index contributed by atoms with van der Waals surface area (Å²) in [6.45, 7) is 0.931. The number of rotatable bonds is 7. The molecule has 13 heavy (non-hydrogen) atoms. The molecule has 0 aliphatic rings. The van der Waals surface area contributed by atoms with Crippen molar-refractivity contribution in [2.45, 2.75) is 32.1 Å². The molecule has 0 rings (SSSR count). The number of aliphatic imine (C=N–C) groups is 1. The van der Waals surface area contributed by atoms with E-state index in [0.717, 1.165) is 19.4 Å². The van der Waals surface area contributed by atoms with Gasteiger partial charge in [-0.1, -0.05) is 18.6 Å². The lowest BCUT2D eigenvalue weighted by Gasteiger charge is -2.03. The molecule has 0 radical (unpaired) electrons. The van der Waals surface area contributed by atoms with E-state index in [2.05, 4.69) is 19.2 Å². The molecule has 0 heterocycles. The third kappa shape index (κ3) is 9.35. The molecule has 3 nitrogen and oxygen atoms in total. The Hall–Kier alpha value is -0.560. The molecule has 0 aliphatic carbocycles. The molecule has 0 aliphatic heterocycles. The van der Waals surface area contributed by atoms with Crippen LogP contribution < -0.4 is 11.1 Å². The molecule has 0 amide bonds. The third-order valence-electron chi connectivity index (χ3n) is 1.82. The average Bonchev–Trinajstić information content (AvgIpc) is 2.16. The lowest BCUT2D eigenvalue weighted by atomic mass is 10.1. The summed E-state index contributed by atoms with van der Waals surface area (Å²) in [6.07, 6.45) is 6.12. The van der Waals surface area contributed by atoms with Crippen LogP contribution in [0.15, 0.2) is 4.99 Å². The van der Waals surface area contributed by atoms with Crippen LogP contribution in [0.5, 0.6) is 0 Å². The second-order valence-corrected chi connectivity index (χ2v) is 3.35. The van der Waals surface area contributed by atoms with Crippen molar-refractivity contribution < 1.29 is 0 Å². The summed E-state index contributed by atoms with van der Waals surface area (Å²) < 4.78 is 0. The first-order valence-electron chi connectivity index (χ1n) is 4.76. The predicted molar refractivity (Wildman–Crippen MR) is 63.0 cm³/mol. The molecule has 0 aromatic carbocycles. The third-order valence-corrected chi connectivity index (χ3v) is 2.11. The van der Waals surface area contributed by atoms with E-state index in [1.807, 2.05) is 5.80 Å². The molecule has 0 aromatic rings. The van der Waals surface area contributed by atoms with E-state index in [1.165, 1.54) is 19.3 Å². The smallest absolute Gasteiger partial charge is 0.188 e. The Morgan fingerprint density at radius 1 is 1.38 bits per heavy atom. The minimum atomic E-state index is 0.536. The second-order valence-electron chi connectivity index (χ2n) is 2.94. The predicted octanol–water partition coefficient (Wildman–Crippen LogP) is 1.42. The summed E-state index contributed by atoms with van der Waals surface area (Å²) in [7, 11) is 5.02. The van der Waals surface area contributed by atoms with Crippen LogP contribution in [0.25, 0.3) is 0 Å². The van der Waals surface area contributed by atoms with Crippen LogP contribution in [0.4, 0.5) is 0 Å². The summed E-state index contributed by atoms with van der Waals surface area (Å²) in [5, 5.41) is 3.03. The second kappa shape index (κ2) is 9.53. The lowest BCUT2D eigenvalue weighted by Crippen LogP contribution is -2.31. The van der Waals surface area contributed by atoms with Crippen LogP contribution in [0.1, 0.15) is 32.1 Å². The highest BCUT2D eigenvalue weighted by Gasteiger charge is 1.90. The quantitative estimate of drug-likeness (QED) is 0.283. The fourth-order valence-electron chi connectivity index (χ4n) is 1.02. The van der Waals surface area contributed by atoms with Gasteiger partial charge in [-0.3, -0.25) is 4.99 Å². The molecule has 0 fully saturated rings. The highest BCUT2D eigenvalue weighted by Crippen LogP contribution is 2.00. The average molecular weight is 201 g/mol. The number of guanidine groups is 1. The van der Waals surface area contributed by atoms with Gasteiger partial charge in [-0.25, -0.2) is 0 Å². The fraction of sp³-hybridized carbons (Fsp3) is 0.778. The lowest BCUT2D eigenvalue weighted by molar-refractivity contribution is 0.643. The van der Waals surface area contributed by atoms with Crippen LogP contribution in [-0.4, -0.2) is 25.3 Å². The zero-order valence-electron chi connectivity index (χ0n) is 8.34. The Balaban J connectivity index is 3.04. The monoisotopic (exact) mass is 201 g/mol. The standard InChI is InChI=1S/C9H20N3P/c1-11-9(10)12-7-5-3-2-4-6-8-13/h8,13H,2-7H2,1H3,(H3,10,11,12). The Morgan fingerprint density at radius 2 is 2.08 bits per heavy atom. The summed E-state index contributed by atoms with van der Waals surface area (Å²) in [5.74, 6) is 2.56. The number of nitrogens with two attached hydrogens (primary N) is 1. The van der Waals surface area contributed by atoms with Crippen LogP contribution in [0, 0.1) is 0 Å². The van der Waals surface area contributed by atoms with E-state index in [9.17, 15) is 0 Å². The van der Waals surface area contributed by atoms with Gasteiger partial charge >= 0.3 is 0 Å². The van der Waals surface area contributed by atoms with Gasteiger partial charge in [-0.15, -0.1) is 8.86 Å². The summed E-state index contributed by atoms with van der Waals surface area (Å²) >= 11 is 0. The molecule has 0 aromatic heterocycles. The van der Waals surface area contributed by atoms with Crippen molar-refractivity contribution in [2.75, 3.05) is 13.6 Å². The van der Waals surface area contributed by atoms with Crippen LogP contribution in [-0.2, 0) is 0 Å². The molecule has 76 valence electrons. The maximum atomic E-state index is 5.46. The number of hydrogen-bond acceptors (Lipinski definition) is 1. The van der Waals surface area contributed by atoms with Crippen molar-refractivity contribution in [1.82, 2.24) is 5.32 Å². The topological polar surface area (TPSA) is 50.4 Å². The summed E-state index contributed by atoms with van der Waals surface area (Å²) in [5.41, 5.74) is 5.46. The van der Waals surface area contributed by atoms with Crippen molar-refractivity contribution in [1.29, 1.82) is 0 Å². The molecule has 0 saturated carbocycles. The molecular formula is C9H20N3P. The highest BCUT2D eigenvalue weighted by atomic mass is 31.0. The normalized spacial score (nSPS) is 11.3. The molecule has 4 heteroatoms. The number of nitrogens with zero attached hydrogens (tertiary/aromatic N) is 1. The SMILES string of the molecule is CN=C(N)NCCCCCCC=P. The molecule has 0 atom stereocenters. The molecule has 0 bridgehead atoms. The van der Waals surface area contributed by atoms with Gasteiger partial charge in [0.2, 0.25) is 0 Å². The molecule has 3 N–H and O–H groups in total. The number of nitrogens with one attached hydrogen (secondary N) is 1. The molecule has 0 unspecified atom stereocenters. The number of unbranched alkanes of at least 4 members (excludes halogenated alkanes) is 4. The highest BCUT2D eigenvalue weighted by molar-refractivity contribution is 7.18. The van der Waals surface area contributed by atoms with Gasteiger partial charge in [0.25, 0.3) is 0 Å². The first kappa shape index (κ1) is 12.4. The molecular weight excluding hydrogens is 181 g/mol. The van der Waals surface area contributed by atoms with Crippen molar-refractivity contribution in [2.24, 2.45) is 10.7 Å². The van der Waals surface area contributed by atoms with Gasteiger partial charge in [-0.2, -0.15) is 0 Å². The van der Waals surface area contributed by atoms with Crippen molar-refractivity contribution in [3.63, 3.8) is 0 Å². The van der Waals surface area contributed by atoms with E-state index in [1.54, 1.807) is 7.05 Å². The van der Waals surface area contributed by atoms with Gasteiger partial charge in [0.05, 0.1) is 0 Å². The van der Waals surface area contributed by atoms with Gasteiger partial charge in [-0.05, 0) is 19.3 Å². The first-order chi connectivity index (χ1) is 6.31. The Labute approximate surface area is 83.0 Å². The fourth-order valence-corrected chi connectivity index (χ4v) is 1.22. The van der Waals surface area contributed by atoms with Crippen molar-refractivity contribution in [3.05, 3.63) is 0 Å². The minimum absolute atomic E-state index is 0.536. The van der Waals surface area contributed by atoms with Crippen LogP contribution in [0.2, 0.25) is 0 Å². The Bertz CT molecular complexity index is 157.